The molecule has 1 unspecified atom stereocenters. The summed E-state index contributed by atoms with van der Waals surface area (Å²) in [5, 5.41) is 11.1. The number of rotatable bonds is 1. The monoisotopic (exact) mass is 158 g/mol. The number of urea groups is 1. The molecule has 0 aromatic heterocycles. The number of carbonyl (C=O) groups excluding carboxylic acids is 1. The van der Waals surface area contributed by atoms with Crippen molar-refractivity contribution in [1.82, 2.24) is 10.2 Å². The average molecular weight is 158 g/mol. The van der Waals surface area contributed by atoms with Crippen LogP contribution in [0.4, 0.5) is 4.79 Å². The van der Waals surface area contributed by atoms with Crippen molar-refractivity contribution in [3.05, 3.63) is 0 Å². The number of amides is 2. The van der Waals surface area contributed by atoms with Crippen LogP contribution in [-0.4, -0.2) is 41.6 Å². The van der Waals surface area contributed by atoms with E-state index in [1.165, 1.54) is 11.9 Å². The predicted octanol–water partition coefficient (Wildman–Crippen LogP) is -0.515. The molecule has 0 aromatic carbocycles. The number of carbonyl (C=O) groups is 2. The molecule has 1 aliphatic heterocycles. The van der Waals surface area contributed by atoms with E-state index in [9.17, 15) is 9.59 Å². The third-order valence-corrected chi connectivity index (χ3v) is 1.77. The summed E-state index contributed by atoms with van der Waals surface area (Å²) in [4.78, 5) is 22.5. The molecule has 11 heavy (non-hydrogen) atoms. The predicted molar refractivity (Wildman–Crippen MR) is 37.2 cm³/mol. The number of hydrogen-bond acceptors (Lipinski definition) is 2. The number of nitrogens with zero attached hydrogens (tertiary/aromatic N) is 1. The van der Waals surface area contributed by atoms with Crippen LogP contribution in [0.1, 0.15) is 6.42 Å². The Kier molecular flexibility index (Phi) is 1.98. The maximum absolute atomic E-state index is 10.9. The molecule has 62 valence electrons. The second-order valence-corrected chi connectivity index (χ2v) is 2.49. The minimum Gasteiger partial charge on any atom is -0.480 e. The van der Waals surface area contributed by atoms with E-state index in [1.807, 2.05) is 0 Å². The topological polar surface area (TPSA) is 69.6 Å². The Bertz CT molecular complexity index is 192. The van der Waals surface area contributed by atoms with Crippen LogP contribution in [-0.2, 0) is 4.79 Å². The second kappa shape index (κ2) is 2.77. The first-order valence-corrected chi connectivity index (χ1v) is 3.36. The number of carboxylic acids is 1. The van der Waals surface area contributed by atoms with Gasteiger partial charge in [-0.25, -0.2) is 9.59 Å². The van der Waals surface area contributed by atoms with Crippen molar-refractivity contribution < 1.29 is 14.7 Å². The summed E-state index contributed by atoms with van der Waals surface area (Å²) >= 11 is 0. The lowest BCUT2D eigenvalue weighted by molar-refractivity contribution is -0.142. The molecule has 0 aromatic rings. The van der Waals surface area contributed by atoms with Crippen molar-refractivity contribution in [2.45, 2.75) is 12.5 Å². The number of likely N-dealkylation sites (N-methyl/N-ethyl adjacent to an activating group) is 1. The Morgan fingerprint density at radius 3 is 2.91 bits per heavy atom. The van der Waals surface area contributed by atoms with Gasteiger partial charge in [-0.05, 0) is 6.42 Å². The summed E-state index contributed by atoms with van der Waals surface area (Å²) in [7, 11) is 1.48. The Morgan fingerprint density at radius 2 is 2.45 bits per heavy atom. The van der Waals surface area contributed by atoms with Crippen molar-refractivity contribution in [1.29, 1.82) is 0 Å². The van der Waals surface area contributed by atoms with Gasteiger partial charge in [-0.2, -0.15) is 0 Å². The first-order valence-electron chi connectivity index (χ1n) is 3.36. The maximum Gasteiger partial charge on any atom is 0.326 e. The van der Waals surface area contributed by atoms with E-state index in [0.29, 0.717) is 13.0 Å². The third kappa shape index (κ3) is 1.42. The molecule has 5 nitrogen and oxygen atoms in total. The van der Waals surface area contributed by atoms with Crippen molar-refractivity contribution in [3.63, 3.8) is 0 Å². The molecule has 0 radical (unpaired) electrons. The normalized spacial score (nSPS) is 24.6. The van der Waals surface area contributed by atoms with Crippen LogP contribution in [0.2, 0.25) is 0 Å². The highest BCUT2D eigenvalue weighted by molar-refractivity contribution is 5.83. The molecular weight excluding hydrogens is 148 g/mol. The molecule has 1 aliphatic rings. The standard InChI is InChI=1S/C6H10N2O3/c1-8-4(5(9)10)2-3-7-6(8)11/h4H,2-3H2,1H3,(H,7,11)(H,9,10). The minimum absolute atomic E-state index is 0.316. The van der Waals surface area contributed by atoms with Crippen LogP contribution in [0.15, 0.2) is 0 Å². The molecule has 1 saturated heterocycles. The Morgan fingerprint density at radius 1 is 1.82 bits per heavy atom. The maximum atomic E-state index is 10.9. The Hall–Kier alpha value is -1.26. The Balaban J connectivity index is 2.65. The highest BCUT2D eigenvalue weighted by Gasteiger charge is 2.29. The van der Waals surface area contributed by atoms with Crippen molar-refractivity contribution in [2.24, 2.45) is 0 Å². The van der Waals surface area contributed by atoms with Crippen LogP contribution in [0.5, 0.6) is 0 Å². The SMILES string of the molecule is CN1C(=O)NCCC1C(=O)O. The highest BCUT2D eigenvalue weighted by atomic mass is 16.4. The van der Waals surface area contributed by atoms with Gasteiger partial charge in [0.25, 0.3) is 0 Å². The van der Waals surface area contributed by atoms with E-state index < -0.39 is 12.0 Å². The lowest BCUT2D eigenvalue weighted by atomic mass is 10.1. The molecule has 0 bridgehead atoms. The van der Waals surface area contributed by atoms with E-state index in [0.717, 1.165) is 0 Å². The minimum atomic E-state index is -0.942. The van der Waals surface area contributed by atoms with Gasteiger partial charge in [-0.15, -0.1) is 0 Å². The number of carboxylic acid groups (broad SMARTS) is 1. The zero-order valence-corrected chi connectivity index (χ0v) is 6.20. The summed E-state index contributed by atoms with van der Waals surface area (Å²) in [5.41, 5.74) is 0. The van der Waals surface area contributed by atoms with Gasteiger partial charge in [0, 0.05) is 13.6 Å². The summed E-state index contributed by atoms with van der Waals surface area (Å²) in [6.45, 7) is 0.445. The second-order valence-electron chi connectivity index (χ2n) is 2.49. The fraction of sp³-hybridized carbons (Fsp3) is 0.667. The van der Waals surface area contributed by atoms with Gasteiger partial charge >= 0.3 is 12.0 Å². The fourth-order valence-corrected chi connectivity index (χ4v) is 1.06. The summed E-state index contributed by atoms with van der Waals surface area (Å²) in [5.74, 6) is -0.942. The van der Waals surface area contributed by atoms with Gasteiger partial charge in [0.1, 0.15) is 6.04 Å². The summed E-state index contributed by atoms with van der Waals surface area (Å²) in [6, 6.07) is -0.979. The third-order valence-electron chi connectivity index (χ3n) is 1.77. The first kappa shape index (κ1) is 7.84. The van der Waals surface area contributed by atoms with Gasteiger partial charge in [-0.3, -0.25) is 0 Å². The van der Waals surface area contributed by atoms with E-state index in [-0.39, 0.29) is 6.03 Å². The van der Waals surface area contributed by atoms with Gasteiger partial charge in [-0.1, -0.05) is 0 Å². The van der Waals surface area contributed by atoms with Crippen LogP contribution in [0, 0.1) is 0 Å². The largest absolute Gasteiger partial charge is 0.480 e. The zero-order valence-electron chi connectivity index (χ0n) is 6.20. The van der Waals surface area contributed by atoms with Gasteiger partial charge in [0.15, 0.2) is 0 Å². The molecule has 0 spiro atoms. The van der Waals surface area contributed by atoms with Crippen LogP contribution >= 0.6 is 0 Å². The van der Waals surface area contributed by atoms with Gasteiger partial charge < -0.3 is 15.3 Å². The number of aliphatic carboxylic acids is 1. The first-order chi connectivity index (χ1) is 5.13. The molecule has 0 saturated carbocycles. The van der Waals surface area contributed by atoms with Gasteiger partial charge in [0.2, 0.25) is 0 Å². The van der Waals surface area contributed by atoms with Crippen molar-refractivity contribution in [2.75, 3.05) is 13.6 Å². The lowest BCUT2D eigenvalue weighted by Crippen LogP contribution is -2.53. The van der Waals surface area contributed by atoms with Gasteiger partial charge in [0.05, 0.1) is 0 Å². The zero-order chi connectivity index (χ0) is 8.43. The number of hydrogen-bond donors (Lipinski definition) is 2. The smallest absolute Gasteiger partial charge is 0.326 e. The summed E-state index contributed by atoms with van der Waals surface area (Å²) in [6.07, 6.45) is 0.470. The molecule has 1 heterocycles. The van der Waals surface area contributed by atoms with Crippen LogP contribution in [0.3, 0.4) is 0 Å². The Labute approximate surface area is 64.0 Å². The van der Waals surface area contributed by atoms with Crippen molar-refractivity contribution >= 4 is 12.0 Å². The molecule has 2 amide bonds. The van der Waals surface area contributed by atoms with E-state index in [1.54, 1.807) is 0 Å². The lowest BCUT2D eigenvalue weighted by Gasteiger charge is -2.29. The quantitative estimate of drug-likeness (QED) is 0.539. The molecule has 1 fully saturated rings. The molecule has 2 N–H and O–H groups in total. The van der Waals surface area contributed by atoms with Crippen molar-refractivity contribution in [3.8, 4) is 0 Å². The molecule has 0 aliphatic carbocycles. The van der Waals surface area contributed by atoms with E-state index >= 15 is 0 Å². The average Bonchev–Trinajstić information content (AvgIpc) is 1.94. The molecular formula is C6H10N2O3. The van der Waals surface area contributed by atoms with E-state index in [4.69, 9.17) is 5.11 Å². The molecule has 5 heteroatoms. The summed E-state index contributed by atoms with van der Waals surface area (Å²) < 4.78 is 0. The molecule has 1 rings (SSSR count). The highest BCUT2D eigenvalue weighted by Crippen LogP contribution is 2.06. The van der Waals surface area contributed by atoms with E-state index in [2.05, 4.69) is 5.32 Å². The molecule has 1 atom stereocenters. The number of nitrogens with one attached hydrogen (secondary N) is 1. The van der Waals surface area contributed by atoms with Crippen LogP contribution < -0.4 is 5.32 Å². The van der Waals surface area contributed by atoms with Crippen LogP contribution in [0.25, 0.3) is 0 Å². The fourth-order valence-electron chi connectivity index (χ4n) is 1.06.